The lowest BCUT2D eigenvalue weighted by molar-refractivity contribution is 0.0633. The molecule has 2 atom stereocenters. The van der Waals surface area contributed by atoms with E-state index in [2.05, 4.69) is 9.97 Å². The molecule has 3 N–H and O–H groups in total. The molecule has 5 nitrogen and oxygen atoms in total. The van der Waals surface area contributed by atoms with Crippen molar-refractivity contribution in [3.63, 3.8) is 0 Å². The van der Waals surface area contributed by atoms with Crippen LogP contribution in [0.4, 0.5) is 0 Å². The summed E-state index contributed by atoms with van der Waals surface area (Å²) in [5.41, 5.74) is 8.41. The number of nitrogens with two attached hydrogens (primary N) is 1. The first kappa shape index (κ1) is 14.1. The number of hydrogen-bond donors (Lipinski definition) is 2. The van der Waals surface area contributed by atoms with Crippen LogP contribution >= 0.6 is 0 Å². The Hall–Kier alpha value is -1.88. The maximum Gasteiger partial charge on any atom is 0.270 e. The summed E-state index contributed by atoms with van der Waals surface area (Å²) in [5.74, 6) is 0.0506. The van der Waals surface area contributed by atoms with Crippen LogP contribution in [0, 0.1) is 0 Å². The molecule has 2 heterocycles. The summed E-state index contributed by atoms with van der Waals surface area (Å²) in [4.78, 5) is 22.2. The van der Waals surface area contributed by atoms with Gasteiger partial charge in [-0.1, -0.05) is 0 Å². The second-order valence-corrected chi connectivity index (χ2v) is 5.79. The largest absolute Gasteiger partial charge is 0.349 e. The third kappa shape index (κ3) is 2.78. The average Bonchev–Trinajstić information content (AvgIpc) is 2.92. The van der Waals surface area contributed by atoms with Crippen molar-refractivity contribution in [3.8, 4) is 0 Å². The summed E-state index contributed by atoms with van der Waals surface area (Å²) >= 11 is 0. The van der Waals surface area contributed by atoms with E-state index in [1.807, 2.05) is 30.0 Å². The maximum absolute atomic E-state index is 12.8. The standard InChI is InChI=1S/C16H22N4O/c1-2-20(12-6-3-5-11(17)9-12)16(21)15-10-14-13(19-15)7-4-8-18-14/h4,7-8,10-12,19H,2-3,5-6,9,17H2,1H3/t11-,12+/m1/s1. The van der Waals surface area contributed by atoms with Crippen LogP contribution < -0.4 is 5.73 Å². The van der Waals surface area contributed by atoms with Crippen LogP contribution in [0.3, 0.4) is 0 Å². The van der Waals surface area contributed by atoms with Gasteiger partial charge < -0.3 is 15.6 Å². The lowest BCUT2D eigenvalue weighted by Crippen LogP contribution is -2.45. The Balaban J connectivity index is 1.84. The van der Waals surface area contributed by atoms with Gasteiger partial charge in [0, 0.05) is 24.8 Å². The number of nitrogens with zero attached hydrogens (tertiary/aromatic N) is 2. The Bertz CT molecular complexity index is 603. The van der Waals surface area contributed by atoms with Gasteiger partial charge in [-0.05, 0) is 50.8 Å². The number of rotatable bonds is 3. The minimum atomic E-state index is 0.0506. The van der Waals surface area contributed by atoms with E-state index < -0.39 is 0 Å². The van der Waals surface area contributed by atoms with E-state index in [0.29, 0.717) is 12.2 Å². The second kappa shape index (κ2) is 5.85. The van der Waals surface area contributed by atoms with Crippen molar-refractivity contribution in [2.24, 2.45) is 5.73 Å². The zero-order valence-corrected chi connectivity index (χ0v) is 12.4. The van der Waals surface area contributed by atoms with E-state index in [1.54, 1.807) is 6.20 Å². The predicted molar refractivity (Wildman–Crippen MR) is 83.0 cm³/mol. The molecular formula is C16H22N4O. The number of aromatic nitrogens is 2. The van der Waals surface area contributed by atoms with Crippen molar-refractivity contribution in [2.75, 3.05) is 6.54 Å². The third-order valence-corrected chi connectivity index (χ3v) is 4.35. The number of aromatic amines is 1. The molecule has 112 valence electrons. The number of H-pyrrole nitrogens is 1. The predicted octanol–water partition coefficient (Wildman–Crippen LogP) is 2.29. The summed E-state index contributed by atoms with van der Waals surface area (Å²) in [6, 6.07) is 6.11. The normalized spacial score (nSPS) is 22.4. The fraction of sp³-hybridized carbons (Fsp3) is 0.500. The molecule has 1 aliphatic carbocycles. The lowest BCUT2D eigenvalue weighted by Gasteiger charge is -2.35. The monoisotopic (exact) mass is 286 g/mol. The fourth-order valence-corrected chi connectivity index (χ4v) is 3.28. The van der Waals surface area contributed by atoms with Gasteiger partial charge in [-0.2, -0.15) is 0 Å². The molecule has 3 rings (SSSR count). The Kier molecular flexibility index (Phi) is 3.92. The highest BCUT2D eigenvalue weighted by atomic mass is 16.2. The zero-order valence-electron chi connectivity index (χ0n) is 12.4. The second-order valence-electron chi connectivity index (χ2n) is 5.79. The molecule has 5 heteroatoms. The highest BCUT2D eigenvalue weighted by Gasteiger charge is 2.28. The smallest absolute Gasteiger partial charge is 0.270 e. The third-order valence-electron chi connectivity index (χ3n) is 4.35. The Morgan fingerprint density at radius 2 is 2.38 bits per heavy atom. The molecule has 0 aliphatic heterocycles. The first-order valence-corrected chi connectivity index (χ1v) is 7.69. The minimum Gasteiger partial charge on any atom is -0.349 e. The summed E-state index contributed by atoms with van der Waals surface area (Å²) in [5, 5.41) is 0. The van der Waals surface area contributed by atoms with Gasteiger partial charge in [0.15, 0.2) is 0 Å². The molecule has 1 amide bonds. The van der Waals surface area contributed by atoms with Crippen LogP contribution in [0.1, 0.15) is 43.1 Å². The number of hydrogen-bond acceptors (Lipinski definition) is 3. The SMILES string of the molecule is CCN(C(=O)c1cc2ncccc2[nH]1)[C@H]1CCC[C@@H](N)C1. The molecule has 0 radical (unpaired) electrons. The van der Waals surface area contributed by atoms with Gasteiger partial charge in [-0.3, -0.25) is 9.78 Å². The lowest BCUT2D eigenvalue weighted by atomic mass is 9.90. The van der Waals surface area contributed by atoms with Crippen LogP contribution in [0.15, 0.2) is 24.4 Å². The Morgan fingerprint density at radius 3 is 3.10 bits per heavy atom. The summed E-state index contributed by atoms with van der Waals surface area (Å²) in [6.45, 7) is 2.73. The molecule has 1 fully saturated rings. The first-order chi connectivity index (χ1) is 10.2. The van der Waals surface area contributed by atoms with Gasteiger partial charge in [-0.15, -0.1) is 0 Å². The zero-order chi connectivity index (χ0) is 14.8. The highest BCUT2D eigenvalue weighted by molar-refractivity contribution is 5.97. The van der Waals surface area contributed by atoms with Crippen molar-refractivity contribution in [1.29, 1.82) is 0 Å². The molecular weight excluding hydrogens is 264 g/mol. The summed E-state index contributed by atoms with van der Waals surface area (Å²) in [7, 11) is 0. The van der Waals surface area contributed by atoms with E-state index in [9.17, 15) is 4.79 Å². The molecule has 1 saturated carbocycles. The minimum absolute atomic E-state index is 0.0506. The van der Waals surface area contributed by atoms with Gasteiger partial charge in [0.05, 0.1) is 11.0 Å². The van der Waals surface area contributed by atoms with Gasteiger partial charge in [0.2, 0.25) is 0 Å². The molecule has 0 bridgehead atoms. The molecule has 0 unspecified atom stereocenters. The highest BCUT2D eigenvalue weighted by Crippen LogP contribution is 2.24. The molecule has 2 aromatic rings. The van der Waals surface area contributed by atoms with E-state index in [0.717, 1.165) is 36.7 Å². The summed E-state index contributed by atoms with van der Waals surface area (Å²) in [6.07, 6.45) is 5.86. The van der Waals surface area contributed by atoms with Crippen molar-refractivity contribution >= 4 is 16.9 Å². The summed E-state index contributed by atoms with van der Waals surface area (Å²) < 4.78 is 0. The number of pyridine rings is 1. The number of nitrogens with one attached hydrogen (secondary N) is 1. The Morgan fingerprint density at radius 1 is 1.52 bits per heavy atom. The molecule has 2 aromatic heterocycles. The molecule has 21 heavy (non-hydrogen) atoms. The van der Waals surface area contributed by atoms with Crippen molar-refractivity contribution < 1.29 is 4.79 Å². The van der Waals surface area contributed by atoms with Crippen LogP contribution in [0.5, 0.6) is 0 Å². The van der Waals surface area contributed by atoms with Crippen molar-refractivity contribution in [1.82, 2.24) is 14.9 Å². The van der Waals surface area contributed by atoms with Gasteiger partial charge in [-0.25, -0.2) is 0 Å². The number of fused-ring (bicyclic) bond motifs is 1. The van der Waals surface area contributed by atoms with Gasteiger partial charge >= 0.3 is 0 Å². The van der Waals surface area contributed by atoms with Crippen LogP contribution in [-0.4, -0.2) is 39.4 Å². The van der Waals surface area contributed by atoms with E-state index in [4.69, 9.17) is 5.73 Å². The van der Waals surface area contributed by atoms with E-state index >= 15 is 0 Å². The van der Waals surface area contributed by atoms with E-state index in [1.165, 1.54) is 0 Å². The van der Waals surface area contributed by atoms with Gasteiger partial charge in [0.1, 0.15) is 5.69 Å². The van der Waals surface area contributed by atoms with Crippen molar-refractivity contribution in [3.05, 3.63) is 30.1 Å². The van der Waals surface area contributed by atoms with Gasteiger partial charge in [0.25, 0.3) is 5.91 Å². The number of carbonyl (C=O) groups excluding carboxylic acids is 1. The van der Waals surface area contributed by atoms with E-state index in [-0.39, 0.29) is 18.0 Å². The average molecular weight is 286 g/mol. The molecule has 1 aliphatic rings. The number of carbonyl (C=O) groups is 1. The quantitative estimate of drug-likeness (QED) is 0.909. The molecule has 0 saturated heterocycles. The fourth-order valence-electron chi connectivity index (χ4n) is 3.28. The first-order valence-electron chi connectivity index (χ1n) is 7.69. The van der Waals surface area contributed by atoms with Crippen LogP contribution in [-0.2, 0) is 0 Å². The van der Waals surface area contributed by atoms with Crippen LogP contribution in [0.2, 0.25) is 0 Å². The van der Waals surface area contributed by atoms with Crippen LogP contribution in [0.25, 0.3) is 11.0 Å². The molecule has 0 spiro atoms. The Labute approximate surface area is 124 Å². The number of amides is 1. The topological polar surface area (TPSA) is 75.0 Å². The molecule has 0 aromatic carbocycles. The van der Waals surface area contributed by atoms with Crippen molar-refractivity contribution in [2.45, 2.75) is 44.7 Å². The maximum atomic E-state index is 12.8.